The highest BCUT2D eigenvalue weighted by molar-refractivity contribution is 5.71. The van der Waals surface area contributed by atoms with E-state index in [4.69, 9.17) is 4.74 Å². The molecule has 2 saturated carbocycles. The monoisotopic (exact) mass is 462 g/mol. The lowest BCUT2D eigenvalue weighted by molar-refractivity contribution is 0.161. The van der Waals surface area contributed by atoms with Crippen LogP contribution in [-0.4, -0.2) is 49.0 Å². The van der Waals surface area contributed by atoms with Crippen LogP contribution < -0.4 is 16.0 Å². The van der Waals surface area contributed by atoms with Gasteiger partial charge in [-0.25, -0.2) is 18.2 Å². The van der Waals surface area contributed by atoms with E-state index in [0.29, 0.717) is 48.5 Å². The van der Waals surface area contributed by atoms with Crippen molar-refractivity contribution in [3.63, 3.8) is 0 Å². The van der Waals surface area contributed by atoms with E-state index in [9.17, 15) is 13.2 Å². The first kappa shape index (κ1) is 23.8. The quantitative estimate of drug-likeness (QED) is 0.448. The number of rotatable bonds is 10. The maximum atomic E-state index is 14.6. The van der Waals surface area contributed by atoms with Gasteiger partial charge in [0.25, 0.3) is 0 Å². The van der Waals surface area contributed by atoms with Crippen molar-refractivity contribution in [1.29, 1.82) is 0 Å². The van der Waals surface area contributed by atoms with Crippen LogP contribution in [0.2, 0.25) is 0 Å². The van der Waals surface area contributed by atoms with Crippen molar-refractivity contribution in [2.75, 3.05) is 30.9 Å². The van der Waals surface area contributed by atoms with E-state index in [0.717, 1.165) is 25.7 Å². The van der Waals surface area contributed by atoms with Gasteiger partial charge in [-0.1, -0.05) is 6.07 Å². The molecule has 0 amide bonds. The van der Waals surface area contributed by atoms with Crippen LogP contribution in [0.5, 0.6) is 0 Å². The summed E-state index contributed by atoms with van der Waals surface area (Å²) in [6, 6.07) is 7.05. The summed E-state index contributed by atoms with van der Waals surface area (Å²) < 4.78 is 47.9. The van der Waals surface area contributed by atoms with Crippen LogP contribution in [0.1, 0.15) is 45.4 Å². The van der Waals surface area contributed by atoms with Crippen molar-refractivity contribution in [1.82, 2.24) is 10.3 Å². The van der Waals surface area contributed by atoms with Gasteiger partial charge < -0.3 is 20.7 Å². The number of aromatic nitrogens is 1. The fourth-order valence-corrected chi connectivity index (χ4v) is 4.45. The molecule has 0 aliphatic heterocycles. The number of alkyl halides is 1. The van der Waals surface area contributed by atoms with Gasteiger partial charge >= 0.3 is 0 Å². The molecule has 2 aliphatic carbocycles. The van der Waals surface area contributed by atoms with Gasteiger partial charge in [-0.15, -0.1) is 0 Å². The van der Waals surface area contributed by atoms with Crippen molar-refractivity contribution in [2.24, 2.45) is 0 Å². The smallest absolute Gasteiger partial charge is 0.149 e. The summed E-state index contributed by atoms with van der Waals surface area (Å²) in [5, 5.41) is 9.86. The van der Waals surface area contributed by atoms with E-state index in [1.807, 2.05) is 0 Å². The first-order valence-corrected chi connectivity index (χ1v) is 11.7. The minimum atomic E-state index is -1.25. The average molecular weight is 463 g/mol. The second kappa shape index (κ2) is 10.3. The van der Waals surface area contributed by atoms with Crippen LogP contribution in [0.15, 0.2) is 30.5 Å². The second-order valence-corrected chi connectivity index (χ2v) is 9.46. The molecule has 0 bridgehead atoms. The number of ether oxygens (including phenoxy) is 1. The normalized spacial score (nSPS) is 22.6. The number of pyridine rings is 1. The van der Waals surface area contributed by atoms with E-state index in [1.54, 1.807) is 13.2 Å². The predicted octanol–water partition coefficient (Wildman–Crippen LogP) is 5.29. The lowest BCUT2D eigenvalue weighted by Gasteiger charge is -2.31. The Morgan fingerprint density at radius 1 is 1.09 bits per heavy atom. The minimum Gasteiger partial charge on any atom is -0.383 e. The number of benzene rings is 1. The Labute approximate surface area is 193 Å². The Bertz CT molecular complexity index is 945. The van der Waals surface area contributed by atoms with Crippen LogP contribution in [-0.2, 0) is 4.74 Å². The molecule has 4 rings (SSSR count). The van der Waals surface area contributed by atoms with Crippen LogP contribution in [0, 0.1) is 11.6 Å². The Hall–Kier alpha value is -2.32. The molecular weight excluding hydrogens is 429 g/mol. The van der Waals surface area contributed by atoms with Gasteiger partial charge in [0, 0.05) is 37.3 Å². The summed E-state index contributed by atoms with van der Waals surface area (Å²) in [4.78, 5) is 4.21. The number of hydrogen-bond acceptors (Lipinski definition) is 5. The maximum Gasteiger partial charge on any atom is 0.149 e. The molecule has 1 unspecified atom stereocenters. The first-order valence-electron chi connectivity index (χ1n) is 11.7. The molecule has 1 atom stereocenters. The molecule has 180 valence electrons. The van der Waals surface area contributed by atoms with E-state index in [-0.39, 0.29) is 18.3 Å². The summed E-state index contributed by atoms with van der Waals surface area (Å²) in [6.07, 6.45) is 6.22. The van der Waals surface area contributed by atoms with Crippen molar-refractivity contribution >= 4 is 11.5 Å². The van der Waals surface area contributed by atoms with Gasteiger partial charge in [0.2, 0.25) is 0 Å². The third-order valence-corrected chi connectivity index (χ3v) is 6.54. The third kappa shape index (κ3) is 6.38. The van der Waals surface area contributed by atoms with Gasteiger partial charge in [-0.3, -0.25) is 0 Å². The molecular formula is C25H33F3N4O. The Kier molecular flexibility index (Phi) is 7.44. The number of hydrogen-bond donors (Lipinski definition) is 3. The fourth-order valence-electron chi connectivity index (χ4n) is 4.45. The highest BCUT2D eigenvalue weighted by atomic mass is 19.1. The largest absolute Gasteiger partial charge is 0.383 e. The first-order chi connectivity index (χ1) is 15.8. The van der Waals surface area contributed by atoms with Crippen LogP contribution in [0.3, 0.4) is 0 Å². The van der Waals surface area contributed by atoms with E-state index < -0.39 is 17.3 Å². The summed E-state index contributed by atoms with van der Waals surface area (Å²) in [5.41, 5.74) is -0.223. The average Bonchev–Trinajstić information content (AvgIpc) is 3.53. The minimum absolute atomic E-state index is 0.0563. The molecule has 2 fully saturated rings. The molecule has 2 aromatic rings. The maximum absolute atomic E-state index is 14.6. The highest BCUT2D eigenvalue weighted by Crippen LogP contribution is 2.40. The molecule has 1 aromatic carbocycles. The van der Waals surface area contributed by atoms with Crippen LogP contribution >= 0.6 is 0 Å². The van der Waals surface area contributed by atoms with Gasteiger partial charge in [0.05, 0.1) is 18.5 Å². The lowest BCUT2D eigenvalue weighted by Crippen LogP contribution is -2.42. The molecule has 0 spiro atoms. The van der Waals surface area contributed by atoms with Crippen molar-refractivity contribution in [3.05, 3.63) is 42.1 Å². The summed E-state index contributed by atoms with van der Waals surface area (Å²) in [6.45, 7) is 2.87. The van der Waals surface area contributed by atoms with Crippen LogP contribution in [0.25, 0.3) is 11.1 Å². The van der Waals surface area contributed by atoms with E-state index in [1.165, 1.54) is 24.4 Å². The zero-order valence-corrected chi connectivity index (χ0v) is 19.3. The molecule has 0 saturated heterocycles. The van der Waals surface area contributed by atoms with Gasteiger partial charge in [0.15, 0.2) is 0 Å². The molecule has 3 N–H and O–H groups in total. The molecule has 33 heavy (non-hydrogen) atoms. The number of methoxy groups -OCH3 is 1. The summed E-state index contributed by atoms with van der Waals surface area (Å²) in [7, 11) is 1.71. The van der Waals surface area contributed by atoms with Gasteiger partial charge in [-0.2, -0.15) is 0 Å². The molecule has 1 heterocycles. The topological polar surface area (TPSA) is 58.2 Å². The number of nitrogens with zero attached hydrogens (tertiary/aromatic N) is 1. The number of halogens is 3. The highest BCUT2D eigenvalue weighted by Gasteiger charge is 2.42. The third-order valence-electron chi connectivity index (χ3n) is 6.54. The van der Waals surface area contributed by atoms with Crippen molar-refractivity contribution in [3.8, 4) is 11.1 Å². The van der Waals surface area contributed by atoms with Gasteiger partial charge in [-0.05, 0) is 69.2 Å². The molecule has 8 heteroatoms. The Balaban J connectivity index is 1.39. The van der Waals surface area contributed by atoms with E-state index in [2.05, 4.69) is 27.9 Å². The SMILES string of the molecule is COCC(C)NC1CCC(Nc2cc(-c3ccc(F)c(NCC4(F)CC4)c3)c(F)cn2)CC1. The molecule has 1 aromatic heterocycles. The summed E-state index contributed by atoms with van der Waals surface area (Å²) in [5.74, 6) is -0.376. The molecule has 2 aliphatic rings. The lowest BCUT2D eigenvalue weighted by atomic mass is 9.90. The molecule has 0 radical (unpaired) electrons. The zero-order valence-electron chi connectivity index (χ0n) is 19.3. The summed E-state index contributed by atoms with van der Waals surface area (Å²) >= 11 is 0. The zero-order chi connectivity index (χ0) is 23.4. The Morgan fingerprint density at radius 3 is 2.52 bits per heavy atom. The molecule has 5 nitrogen and oxygen atoms in total. The van der Waals surface area contributed by atoms with Crippen molar-refractivity contribution < 1.29 is 17.9 Å². The number of nitrogens with one attached hydrogen (secondary N) is 3. The van der Waals surface area contributed by atoms with Crippen molar-refractivity contribution in [2.45, 2.75) is 69.2 Å². The predicted molar refractivity (Wildman–Crippen MR) is 125 cm³/mol. The van der Waals surface area contributed by atoms with E-state index >= 15 is 0 Å². The number of anilines is 2. The standard InChI is InChI=1S/C25H33F3N4O/c1-16(14-33-2)31-18-4-6-19(7-5-18)32-24-12-20(22(27)13-29-24)17-3-8-21(26)23(11-17)30-15-25(28)9-10-25/h3,8,11-13,16,18-19,30-31H,4-7,9-10,14-15H2,1-2H3,(H,29,32). The fraction of sp³-hybridized carbons (Fsp3) is 0.560. The second-order valence-electron chi connectivity index (χ2n) is 9.46. The van der Waals surface area contributed by atoms with Crippen LogP contribution in [0.4, 0.5) is 24.7 Å². The van der Waals surface area contributed by atoms with Gasteiger partial charge in [0.1, 0.15) is 23.1 Å². The Morgan fingerprint density at radius 2 is 1.82 bits per heavy atom.